The van der Waals surface area contributed by atoms with E-state index in [1.807, 2.05) is 0 Å². The van der Waals surface area contributed by atoms with Crippen LogP contribution in [0.2, 0.25) is 10.0 Å². The Bertz CT molecular complexity index is 1050. The highest BCUT2D eigenvalue weighted by Gasteiger charge is 2.26. The molecule has 1 saturated heterocycles. The normalized spacial score (nSPS) is 15.9. The van der Waals surface area contributed by atoms with Crippen molar-refractivity contribution in [1.82, 2.24) is 9.73 Å². The van der Waals surface area contributed by atoms with Gasteiger partial charge in [0.2, 0.25) is 10.0 Å². The van der Waals surface area contributed by atoms with E-state index in [1.54, 1.807) is 25.1 Å². The van der Waals surface area contributed by atoms with Crippen molar-refractivity contribution < 1.29 is 17.9 Å². The number of hydrazone groups is 1. The molecule has 1 amide bonds. The van der Waals surface area contributed by atoms with E-state index in [9.17, 15) is 13.2 Å². The topological polar surface area (TPSA) is 88.1 Å². The zero-order valence-electron chi connectivity index (χ0n) is 15.6. The van der Waals surface area contributed by atoms with Crippen LogP contribution in [0.15, 0.2) is 52.5 Å². The van der Waals surface area contributed by atoms with Crippen molar-refractivity contribution in [3.8, 4) is 0 Å². The van der Waals surface area contributed by atoms with Gasteiger partial charge < -0.3 is 4.74 Å². The fourth-order valence-electron chi connectivity index (χ4n) is 2.77. The number of halogens is 2. The summed E-state index contributed by atoms with van der Waals surface area (Å²) in [5.74, 6) is -0.540. The van der Waals surface area contributed by atoms with Crippen LogP contribution in [0.1, 0.15) is 22.8 Å². The lowest BCUT2D eigenvalue weighted by molar-refractivity contribution is 0.0730. The van der Waals surface area contributed by atoms with E-state index >= 15 is 0 Å². The van der Waals surface area contributed by atoms with Crippen molar-refractivity contribution in [2.24, 2.45) is 5.10 Å². The first kappa shape index (κ1) is 21.7. The van der Waals surface area contributed by atoms with Gasteiger partial charge in [-0.1, -0.05) is 29.3 Å². The highest BCUT2D eigenvalue weighted by atomic mass is 35.5. The van der Waals surface area contributed by atoms with Crippen molar-refractivity contribution in [3.05, 3.63) is 63.6 Å². The minimum atomic E-state index is -3.70. The van der Waals surface area contributed by atoms with Gasteiger partial charge in [-0.15, -0.1) is 0 Å². The van der Waals surface area contributed by atoms with Gasteiger partial charge in [0.25, 0.3) is 5.91 Å². The van der Waals surface area contributed by atoms with Crippen LogP contribution in [-0.4, -0.2) is 50.6 Å². The average Bonchev–Trinajstić information content (AvgIpc) is 2.74. The van der Waals surface area contributed by atoms with E-state index in [-0.39, 0.29) is 23.5 Å². The predicted molar refractivity (Wildman–Crippen MR) is 112 cm³/mol. The Morgan fingerprint density at radius 2 is 1.86 bits per heavy atom. The smallest absolute Gasteiger partial charge is 0.271 e. The summed E-state index contributed by atoms with van der Waals surface area (Å²) in [6.45, 7) is 2.93. The number of morpholine rings is 1. The Morgan fingerprint density at radius 3 is 2.59 bits per heavy atom. The Morgan fingerprint density at radius 1 is 1.14 bits per heavy atom. The molecule has 10 heteroatoms. The van der Waals surface area contributed by atoms with Crippen molar-refractivity contribution >= 4 is 44.8 Å². The van der Waals surface area contributed by atoms with Gasteiger partial charge in [-0.25, -0.2) is 13.8 Å². The van der Waals surface area contributed by atoms with Gasteiger partial charge in [-0.2, -0.15) is 9.41 Å². The SMILES string of the molecule is C/C(=N\NC(=O)c1cccc(S(=O)(=O)N2CCOCC2)c1)c1cc(Cl)ccc1Cl. The van der Waals surface area contributed by atoms with E-state index < -0.39 is 15.9 Å². The van der Waals surface area contributed by atoms with Crippen LogP contribution < -0.4 is 5.43 Å². The number of hydrogen-bond donors (Lipinski definition) is 1. The van der Waals surface area contributed by atoms with Crippen LogP contribution >= 0.6 is 23.2 Å². The van der Waals surface area contributed by atoms with Crippen LogP contribution in [0.5, 0.6) is 0 Å². The second-order valence-electron chi connectivity index (χ2n) is 6.31. The molecule has 1 N–H and O–H groups in total. The minimum Gasteiger partial charge on any atom is -0.379 e. The molecule has 0 bridgehead atoms. The lowest BCUT2D eigenvalue weighted by Gasteiger charge is -2.26. The van der Waals surface area contributed by atoms with Gasteiger partial charge in [0.1, 0.15) is 0 Å². The minimum absolute atomic E-state index is 0.0469. The Hall–Kier alpha value is -1.97. The predicted octanol–water partition coefficient (Wildman–Crippen LogP) is 3.17. The summed E-state index contributed by atoms with van der Waals surface area (Å²) in [5, 5.41) is 4.99. The Kier molecular flexibility index (Phi) is 6.92. The summed E-state index contributed by atoms with van der Waals surface area (Å²) in [6, 6.07) is 10.8. The number of ether oxygens (including phenoxy) is 1. The molecule has 2 aromatic carbocycles. The van der Waals surface area contributed by atoms with E-state index in [4.69, 9.17) is 27.9 Å². The quantitative estimate of drug-likeness (QED) is 0.553. The maximum Gasteiger partial charge on any atom is 0.271 e. The number of carbonyl (C=O) groups is 1. The van der Waals surface area contributed by atoms with Crippen LogP contribution in [0.25, 0.3) is 0 Å². The van der Waals surface area contributed by atoms with Gasteiger partial charge >= 0.3 is 0 Å². The maximum atomic E-state index is 12.8. The molecule has 154 valence electrons. The highest BCUT2D eigenvalue weighted by molar-refractivity contribution is 7.89. The van der Waals surface area contributed by atoms with Gasteiger partial charge in [0.05, 0.1) is 23.8 Å². The molecule has 0 aliphatic carbocycles. The molecule has 7 nitrogen and oxygen atoms in total. The summed E-state index contributed by atoms with van der Waals surface area (Å²) < 4.78 is 32.1. The first-order valence-electron chi connectivity index (χ1n) is 8.77. The number of nitrogens with one attached hydrogen (secondary N) is 1. The number of hydrogen-bond acceptors (Lipinski definition) is 5. The third-order valence-electron chi connectivity index (χ3n) is 4.35. The third-order valence-corrected chi connectivity index (χ3v) is 6.81. The Labute approximate surface area is 179 Å². The molecule has 1 aliphatic heterocycles. The molecular weight excluding hydrogens is 437 g/mol. The lowest BCUT2D eigenvalue weighted by Crippen LogP contribution is -2.40. The van der Waals surface area contributed by atoms with Crippen molar-refractivity contribution in [3.63, 3.8) is 0 Å². The summed E-state index contributed by atoms with van der Waals surface area (Å²) in [7, 11) is -3.70. The molecular formula is C19H19Cl2N3O4S. The molecule has 0 aromatic heterocycles. The maximum absolute atomic E-state index is 12.8. The highest BCUT2D eigenvalue weighted by Crippen LogP contribution is 2.21. The summed E-state index contributed by atoms with van der Waals surface area (Å²) >= 11 is 12.1. The van der Waals surface area contributed by atoms with Gasteiger partial charge in [0, 0.05) is 34.3 Å². The second-order valence-corrected chi connectivity index (χ2v) is 9.09. The van der Waals surface area contributed by atoms with Gasteiger partial charge in [0.15, 0.2) is 0 Å². The van der Waals surface area contributed by atoms with Crippen LogP contribution in [0.4, 0.5) is 0 Å². The summed E-state index contributed by atoms with van der Waals surface area (Å²) in [4.78, 5) is 12.5. The van der Waals surface area contributed by atoms with E-state index in [0.29, 0.717) is 34.5 Å². The molecule has 0 saturated carbocycles. The first-order valence-corrected chi connectivity index (χ1v) is 11.0. The second kappa shape index (κ2) is 9.23. The number of rotatable bonds is 5. The Balaban J connectivity index is 1.78. The largest absolute Gasteiger partial charge is 0.379 e. The molecule has 0 unspecified atom stereocenters. The number of carbonyl (C=O) groups excluding carboxylic acids is 1. The van der Waals surface area contributed by atoms with E-state index in [2.05, 4.69) is 10.5 Å². The molecule has 0 atom stereocenters. The van der Waals surface area contributed by atoms with E-state index in [0.717, 1.165) is 0 Å². The zero-order valence-corrected chi connectivity index (χ0v) is 17.9. The fraction of sp³-hybridized carbons (Fsp3) is 0.263. The van der Waals surface area contributed by atoms with Crippen molar-refractivity contribution in [2.75, 3.05) is 26.3 Å². The van der Waals surface area contributed by atoms with Gasteiger partial charge in [-0.3, -0.25) is 4.79 Å². The van der Waals surface area contributed by atoms with Crippen LogP contribution in [-0.2, 0) is 14.8 Å². The molecule has 1 heterocycles. The molecule has 29 heavy (non-hydrogen) atoms. The molecule has 0 radical (unpaired) electrons. The van der Waals surface area contributed by atoms with Gasteiger partial charge in [-0.05, 0) is 43.3 Å². The monoisotopic (exact) mass is 455 g/mol. The molecule has 2 aromatic rings. The molecule has 1 fully saturated rings. The lowest BCUT2D eigenvalue weighted by atomic mass is 10.1. The standard InChI is InChI=1S/C19H19Cl2N3O4S/c1-13(17-12-15(20)5-6-18(17)21)22-23-19(25)14-3-2-4-16(11-14)29(26,27)24-7-9-28-10-8-24/h2-6,11-12H,7-10H2,1H3,(H,23,25)/b22-13+. The zero-order chi connectivity index (χ0) is 21.0. The summed E-state index contributed by atoms with van der Waals surface area (Å²) in [6.07, 6.45) is 0. The fourth-order valence-corrected chi connectivity index (χ4v) is 4.65. The first-order chi connectivity index (χ1) is 13.8. The third kappa shape index (κ3) is 5.15. The molecule has 0 spiro atoms. The average molecular weight is 456 g/mol. The number of benzene rings is 2. The summed E-state index contributed by atoms with van der Waals surface area (Å²) in [5.41, 5.74) is 3.64. The van der Waals surface area contributed by atoms with Crippen molar-refractivity contribution in [1.29, 1.82) is 0 Å². The number of nitrogens with zero attached hydrogens (tertiary/aromatic N) is 2. The van der Waals surface area contributed by atoms with Crippen LogP contribution in [0.3, 0.4) is 0 Å². The molecule has 1 aliphatic rings. The van der Waals surface area contributed by atoms with Crippen LogP contribution in [0, 0.1) is 0 Å². The molecule has 3 rings (SSSR count). The number of sulfonamides is 1. The van der Waals surface area contributed by atoms with Crippen molar-refractivity contribution in [2.45, 2.75) is 11.8 Å². The number of amides is 1. The van der Waals surface area contributed by atoms with E-state index in [1.165, 1.54) is 28.6 Å².